The summed E-state index contributed by atoms with van der Waals surface area (Å²) in [7, 11) is 0. The number of ether oxygens (including phenoxy) is 2. The number of hydrogen-bond acceptors (Lipinski definition) is 3. The van der Waals surface area contributed by atoms with Crippen molar-refractivity contribution in [2.24, 2.45) is 0 Å². The van der Waals surface area contributed by atoms with Crippen LogP contribution in [-0.4, -0.2) is 31.5 Å². The van der Waals surface area contributed by atoms with Crippen LogP contribution in [0.2, 0.25) is 0 Å². The monoisotopic (exact) mass is 260 g/mol. The Labute approximate surface area is 91.8 Å². The number of benzene rings is 1. The van der Waals surface area contributed by atoms with E-state index in [1.54, 1.807) is 0 Å². The van der Waals surface area contributed by atoms with Gasteiger partial charge in [-0.2, -0.15) is 0 Å². The fraction of sp³-hybridized carbons (Fsp3) is 0.400. The highest BCUT2D eigenvalue weighted by Gasteiger charge is 1.93. The molecular weight excluding hydrogens is 248 g/mol. The average molecular weight is 261 g/mol. The molecule has 0 saturated carbocycles. The second kappa shape index (κ2) is 6.81. The molecule has 0 unspecified atom stereocenters. The molecule has 0 heterocycles. The summed E-state index contributed by atoms with van der Waals surface area (Å²) in [5.74, 6) is 0.820. The van der Waals surface area contributed by atoms with Crippen molar-refractivity contribution in [3.05, 3.63) is 28.7 Å². The summed E-state index contributed by atoms with van der Waals surface area (Å²) in [5, 5.41) is 8.44. The van der Waals surface area contributed by atoms with E-state index in [0.29, 0.717) is 19.8 Å². The minimum Gasteiger partial charge on any atom is -0.491 e. The first kappa shape index (κ1) is 11.5. The minimum absolute atomic E-state index is 0.0539. The van der Waals surface area contributed by atoms with Crippen molar-refractivity contribution in [1.29, 1.82) is 0 Å². The number of aliphatic hydroxyl groups is 1. The van der Waals surface area contributed by atoms with Crippen molar-refractivity contribution < 1.29 is 14.6 Å². The van der Waals surface area contributed by atoms with Crippen LogP contribution in [0.1, 0.15) is 0 Å². The number of hydrogen-bond donors (Lipinski definition) is 1. The third-order valence-corrected chi connectivity index (χ3v) is 2.07. The quantitative estimate of drug-likeness (QED) is 0.794. The van der Waals surface area contributed by atoms with Gasteiger partial charge < -0.3 is 14.6 Å². The molecule has 0 atom stereocenters. The first-order valence-corrected chi connectivity index (χ1v) is 5.19. The second-order valence-corrected chi connectivity index (χ2v) is 3.55. The maximum absolute atomic E-state index is 8.44. The lowest BCUT2D eigenvalue weighted by Crippen LogP contribution is -2.08. The largest absolute Gasteiger partial charge is 0.491 e. The molecule has 14 heavy (non-hydrogen) atoms. The first-order valence-electron chi connectivity index (χ1n) is 4.40. The molecule has 4 heteroatoms. The molecule has 78 valence electrons. The first-order chi connectivity index (χ1) is 6.83. The Kier molecular flexibility index (Phi) is 5.59. The van der Waals surface area contributed by atoms with E-state index < -0.39 is 0 Å². The molecule has 1 aromatic carbocycles. The van der Waals surface area contributed by atoms with Crippen LogP contribution in [0.4, 0.5) is 0 Å². The van der Waals surface area contributed by atoms with Gasteiger partial charge in [-0.3, -0.25) is 0 Å². The Balaban J connectivity index is 2.15. The predicted molar refractivity (Wildman–Crippen MR) is 57.5 cm³/mol. The summed E-state index contributed by atoms with van der Waals surface area (Å²) in [5.41, 5.74) is 0. The van der Waals surface area contributed by atoms with Crippen LogP contribution in [0.3, 0.4) is 0 Å². The van der Waals surface area contributed by atoms with Gasteiger partial charge in [0.2, 0.25) is 0 Å². The van der Waals surface area contributed by atoms with Gasteiger partial charge >= 0.3 is 0 Å². The van der Waals surface area contributed by atoms with Gasteiger partial charge in [0.05, 0.1) is 19.8 Å². The van der Waals surface area contributed by atoms with Gasteiger partial charge in [-0.05, 0) is 24.3 Å². The fourth-order valence-corrected chi connectivity index (χ4v) is 1.18. The van der Waals surface area contributed by atoms with E-state index in [-0.39, 0.29) is 6.61 Å². The fourth-order valence-electron chi connectivity index (χ4n) is 0.916. The molecule has 1 N–H and O–H groups in total. The summed E-state index contributed by atoms with van der Waals surface area (Å²) in [4.78, 5) is 0. The van der Waals surface area contributed by atoms with Gasteiger partial charge in [0, 0.05) is 4.47 Å². The van der Waals surface area contributed by atoms with Crippen molar-refractivity contribution in [3.8, 4) is 5.75 Å². The molecule has 0 radical (unpaired) electrons. The molecule has 0 bridgehead atoms. The molecule has 1 aromatic rings. The SMILES string of the molecule is OCCOCCOc1ccc(Br)cc1. The zero-order chi connectivity index (χ0) is 10.2. The van der Waals surface area contributed by atoms with Crippen molar-refractivity contribution >= 4 is 15.9 Å². The highest BCUT2D eigenvalue weighted by Crippen LogP contribution is 2.15. The molecule has 0 aliphatic carbocycles. The molecule has 0 amide bonds. The van der Waals surface area contributed by atoms with Crippen molar-refractivity contribution in [3.63, 3.8) is 0 Å². The zero-order valence-electron chi connectivity index (χ0n) is 7.78. The smallest absolute Gasteiger partial charge is 0.119 e. The molecular formula is C10H13BrO3. The predicted octanol–water partition coefficient (Wildman–Crippen LogP) is 1.84. The summed E-state index contributed by atoms with van der Waals surface area (Å²) < 4.78 is 11.5. The molecule has 0 aliphatic rings. The topological polar surface area (TPSA) is 38.7 Å². The van der Waals surface area contributed by atoms with Crippen LogP contribution in [0.5, 0.6) is 5.75 Å². The summed E-state index contributed by atoms with van der Waals surface area (Å²) >= 11 is 3.34. The Morgan fingerprint density at radius 1 is 1.07 bits per heavy atom. The van der Waals surface area contributed by atoms with Gasteiger partial charge in [0.1, 0.15) is 12.4 Å². The molecule has 1 rings (SSSR count). The number of halogens is 1. The Morgan fingerprint density at radius 2 is 1.79 bits per heavy atom. The number of aliphatic hydroxyl groups excluding tert-OH is 1. The third kappa shape index (κ3) is 4.60. The summed E-state index contributed by atoms with van der Waals surface area (Å²) in [6.45, 7) is 1.42. The van der Waals surface area contributed by atoms with E-state index in [9.17, 15) is 0 Å². The van der Waals surface area contributed by atoms with Crippen LogP contribution in [0.15, 0.2) is 28.7 Å². The van der Waals surface area contributed by atoms with Crippen LogP contribution in [-0.2, 0) is 4.74 Å². The van der Waals surface area contributed by atoms with Gasteiger partial charge in [0.25, 0.3) is 0 Å². The summed E-state index contributed by atoms with van der Waals surface area (Å²) in [6.07, 6.45) is 0. The molecule has 0 saturated heterocycles. The van der Waals surface area contributed by atoms with E-state index in [2.05, 4.69) is 15.9 Å². The maximum Gasteiger partial charge on any atom is 0.119 e. The van der Waals surface area contributed by atoms with Crippen molar-refractivity contribution in [2.45, 2.75) is 0 Å². The average Bonchev–Trinajstić information content (AvgIpc) is 2.21. The van der Waals surface area contributed by atoms with Crippen molar-refractivity contribution in [1.82, 2.24) is 0 Å². The minimum atomic E-state index is 0.0539. The Morgan fingerprint density at radius 3 is 2.43 bits per heavy atom. The second-order valence-electron chi connectivity index (χ2n) is 2.64. The lowest BCUT2D eigenvalue weighted by atomic mass is 10.3. The van der Waals surface area contributed by atoms with E-state index in [1.807, 2.05) is 24.3 Å². The summed E-state index contributed by atoms with van der Waals surface area (Å²) in [6, 6.07) is 7.61. The van der Waals surface area contributed by atoms with Gasteiger partial charge in [0.15, 0.2) is 0 Å². The van der Waals surface area contributed by atoms with E-state index in [0.717, 1.165) is 10.2 Å². The van der Waals surface area contributed by atoms with E-state index in [4.69, 9.17) is 14.6 Å². The highest BCUT2D eigenvalue weighted by atomic mass is 79.9. The molecule has 0 aromatic heterocycles. The van der Waals surface area contributed by atoms with Crippen LogP contribution in [0, 0.1) is 0 Å². The molecule has 0 fully saturated rings. The molecule has 0 spiro atoms. The van der Waals surface area contributed by atoms with Gasteiger partial charge in [-0.1, -0.05) is 15.9 Å². The van der Waals surface area contributed by atoms with Crippen LogP contribution >= 0.6 is 15.9 Å². The van der Waals surface area contributed by atoms with E-state index >= 15 is 0 Å². The third-order valence-electron chi connectivity index (χ3n) is 1.55. The normalized spacial score (nSPS) is 10.1. The van der Waals surface area contributed by atoms with Gasteiger partial charge in [-0.15, -0.1) is 0 Å². The van der Waals surface area contributed by atoms with Crippen molar-refractivity contribution in [2.75, 3.05) is 26.4 Å². The van der Waals surface area contributed by atoms with E-state index in [1.165, 1.54) is 0 Å². The molecule has 0 aliphatic heterocycles. The number of rotatable bonds is 6. The lowest BCUT2D eigenvalue weighted by Gasteiger charge is -2.06. The Hall–Kier alpha value is -0.580. The maximum atomic E-state index is 8.44. The van der Waals surface area contributed by atoms with Crippen LogP contribution < -0.4 is 4.74 Å². The zero-order valence-corrected chi connectivity index (χ0v) is 9.37. The highest BCUT2D eigenvalue weighted by molar-refractivity contribution is 9.10. The molecule has 3 nitrogen and oxygen atoms in total. The standard InChI is InChI=1S/C10H13BrO3/c11-9-1-3-10(4-2-9)14-8-7-13-6-5-12/h1-4,12H,5-8H2. The van der Waals surface area contributed by atoms with Gasteiger partial charge in [-0.25, -0.2) is 0 Å². The lowest BCUT2D eigenvalue weighted by molar-refractivity contribution is 0.0705. The van der Waals surface area contributed by atoms with Crippen LogP contribution in [0.25, 0.3) is 0 Å². The Bertz CT molecular complexity index is 248.